The van der Waals surface area contributed by atoms with Crippen molar-refractivity contribution in [3.05, 3.63) is 51.4 Å². The molecule has 2 heterocycles. The summed E-state index contributed by atoms with van der Waals surface area (Å²) in [6.07, 6.45) is 1.92. The van der Waals surface area contributed by atoms with Crippen molar-refractivity contribution in [2.24, 2.45) is 5.92 Å². The molecule has 2 aromatic heterocycles. The number of nitrogens with zero attached hydrogens (tertiary/aromatic N) is 3. The zero-order valence-electron chi connectivity index (χ0n) is 17.9. The normalized spacial score (nSPS) is 11.4. The predicted octanol–water partition coefficient (Wildman–Crippen LogP) is 4.14. The smallest absolute Gasteiger partial charge is 0.278 e. The van der Waals surface area contributed by atoms with E-state index >= 15 is 0 Å². The van der Waals surface area contributed by atoms with E-state index in [4.69, 9.17) is 0 Å². The van der Waals surface area contributed by atoms with Crippen LogP contribution in [0.5, 0.6) is 0 Å². The summed E-state index contributed by atoms with van der Waals surface area (Å²) >= 11 is 1.46. The molecule has 0 bridgehead atoms. The number of thioether (sulfide) groups is 1. The van der Waals surface area contributed by atoms with Crippen LogP contribution in [0.1, 0.15) is 30.7 Å². The molecule has 29 heavy (non-hydrogen) atoms. The first-order chi connectivity index (χ1) is 13.7. The van der Waals surface area contributed by atoms with E-state index in [1.165, 1.54) is 11.8 Å². The highest BCUT2D eigenvalue weighted by Crippen LogP contribution is 2.21. The molecular weight excluding hydrogens is 384 g/mol. The van der Waals surface area contributed by atoms with Gasteiger partial charge in [0.05, 0.1) is 5.52 Å². The Morgan fingerprint density at radius 2 is 1.90 bits per heavy atom. The van der Waals surface area contributed by atoms with Crippen LogP contribution in [0.2, 0.25) is 0 Å². The van der Waals surface area contributed by atoms with Crippen molar-refractivity contribution >= 4 is 34.4 Å². The Kier molecular flexibility index (Phi) is 6.17. The number of anilines is 1. The van der Waals surface area contributed by atoms with E-state index in [1.807, 2.05) is 51.3 Å². The van der Waals surface area contributed by atoms with Gasteiger partial charge in [-0.05, 0) is 56.2 Å². The quantitative estimate of drug-likeness (QED) is 0.488. The van der Waals surface area contributed by atoms with Crippen molar-refractivity contribution in [2.45, 2.75) is 52.9 Å². The van der Waals surface area contributed by atoms with E-state index in [0.717, 1.165) is 22.5 Å². The Morgan fingerprint density at radius 1 is 1.17 bits per heavy atom. The third-order valence-electron chi connectivity index (χ3n) is 4.88. The Morgan fingerprint density at radius 3 is 2.55 bits per heavy atom. The molecule has 0 saturated heterocycles. The van der Waals surface area contributed by atoms with Crippen LogP contribution in [0.25, 0.3) is 11.0 Å². The second-order valence-electron chi connectivity index (χ2n) is 7.88. The summed E-state index contributed by atoms with van der Waals surface area (Å²) in [5.41, 5.74) is 4.75. The van der Waals surface area contributed by atoms with Crippen LogP contribution in [-0.4, -0.2) is 26.3 Å². The third-order valence-corrected chi connectivity index (χ3v) is 5.55. The molecule has 6 nitrogen and oxygen atoms in total. The monoisotopic (exact) mass is 412 g/mol. The lowest BCUT2D eigenvalue weighted by Gasteiger charge is -2.15. The molecule has 0 fully saturated rings. The van der Waals surface area contributed by atoms with Crippen LogP contribution in [0, 0.1) is 26.7 Å². The molecule has 1 aromatic carbocycles. The molecule has 0 atom stereocenters. The lowest BCUT2D eigenvalue weighted by Crippen LogP contribution is -2.28. The van der Waals surface area contributed by atoms with E-state index in [0.29, 0.717) is 28.7 Å². The largest absolute Gasteiger partial charge is 0.330 e. The summed E-state index contributed by atoms with van der Waals surface area (Å²) in [6, 6.07) is 7.83. The van der Waals surface area contributed by atoms with Crippen LogP contribution in [0.15, 0.2) is 34.2 Å². The van der Waals surface area contributed by atoms with E-state index < -0.39 is 0 Å². The number of fused-ring (bicyclic) bond motifs is 1. The lowest BCUT2D eigenvalue weighted by molar-refractivity contribution is -0.116. The molecule has 0 aliphatic carbocycles. The average Bonchev–Trinajstić information content (AvgIpc) is 2.95. The van der Waals surface area contributed by atoms with Crippen molar-refractivity contribution in [2.75, 3.05) is 11.6 Å². The fourth-order valence-corrected chi connectivity index (χ4v) is 4.00. The first-order valence-electron chi connectivity index (χ1n) is 9.73. The zero-order valence-corrected chi connectivity index (χ0v) is 18.7. The van der Waals surface area contributed by atoms with Crippen molar-refractivity contribution in [1.82, 2.24) is 14.1 Å². The fourth-order valence-electron chi connectivity index (χ4n) is 3.44. The van der Waals surface area contributed by atoms with Gasteiger partial charge >= 0.3 is 0 Å². The molecule has 0 aliphatic heterocycles. The van der Waals surface area contributed by atoms with E-state index in [1.54, 1.807) is 9.13 Å². The highest BCUT2D eigenvalue weighted by atomic mass is 32.2. The highest BCUT2D eigenvalue weighted by Gasteiger charge is 2.19. The van der Waals surface area contributed by atoms with Gasteiger partial charge in [0, 0.05) is 17.9 Å². The van der Waals surface area contributed by atoms with Crippen molar-refractivity contribution in [1.29, 1.82) is 0 Å². The van der Waals surface area contributed by atoms with Gasteiger partial charge in [0.1, 0.15) is 12.1 Å². The van der Waals surface area contributed by atoms with Gasteiger partial charge in [0.15, 0.2) is 5.16 Å². The minimum Gasteiger partial charge on any atom is -0.330 e. The molecule has 0 saturated carbocycles. The van der Waals surface area contributed by atoms with E-state index in [-0.39, 0.29) is 18.0 Å². The summed E-state index contributed by atoms with van der Waals surface area (Å²) in [4.78, 5) is 30.7. The van der Waals surface area contributed by atoms with Crippen molar-refractivity contribution < 1.29 is 4.79 Å². The van der Waals surface area contributed by atoms with E-state index in [9.17, 15) is 9.59 Å². The number of amides is 1. The molecule has 0 spiro atoms. The molecule has 1 amide bonds. The SMILES string of the molecule is CSc1nc2cc(C)n(CC(=O)Nc3cc(C)ccc3C)c2c(=O)n1CC(C)C. The first-order valence-corrected chi connectivity index (χ1v) is 11.0. The highest BCUT2D eigenvalue weighted by molar-refractivity contribution is 7.98. The van der Waals surface area contributed by atoms with Crippen LogP contribution in [0.4, 0.5) is 5.69 Å². The zero-order chi connectivity index (χ0) is 21.3. The molecule has 3 aromatic rings. The second kappa shape index (κ2) is 8.45. The Balaban J connectivity index is 2.01. The second-order valence-corrected chi connectivity index (χ2v) is 8.65. The van der Waals surface area contributed by atoms with Crippen LogP contribution in [-0.2, 0) is 17.9 Å². The summed E-state index contributed by atoms with van der Waals surface area (Å²) in [7, 11) is 0. The molecule has 0 radical (unpaired) electrons. The van der Waals surface area contributed by atoms with Gasteiger partial charge in [0.25, 0.3) is 5.56 Å². The Labute approximate surface area is 175 Å². The maximum Gasteiger partial charge on any atom is 0.278 e. The third kappa shape index (κ3) is 4.40. The number of hydrogen-bond donors (Lipinski definition) is 1. The standard InChI is InChI=1S/C22H28N4O2S/c1-13(2)11-26-21(28)20-18(24-22(26)29-6)10-16(5)25(20)12-19(27)23-17-9-14(3)7-8-15(17)4/h7-10,13H,11-12H2,1-6H3,(H,23,27). The number of aryl methyl sites for hydroxylation is 3. The van der Waals surface area contributed by atoms with Crippen molar-refractivity contribution in [3.63, 3.8) is 0 Å². The number of benzene rings is 1. The van der Waals surface area contributed by atoms with Gasteiger partial charge in [-0.25, -0.2) is 4.98 Å². The summed E-state index contributed by atoms with van der Waals surface area (Å²) in [5, 5.41) is 3.68. The summed E-state index contributed by atoms with van der Waals surface area (Å²) < 4.78 is 3.49. The minimum absolute atomic E-state index is 0.0694. The number of hydrogen-bond acceptors (Lipinski definition) is 4. The van der Waals surface area contributed by atoms with E-state index in [2.05, 4.69) is 24.1 Å². The average molecular weight is 413 g/mol. The number of nitrogens with one attached hydrogen (secondary N) is 1. The maximum absolute atomic E-state index is 13.3. The number of rotatable bonds is 6. The number of carbonyl (C=O) groups is 1. The van der Waals surface area contributed by atoms with Crippen LogP contribution >= 0.6 is 11.8 Å². The predicted molar refractivity (Wildman–Crippen MR) is 120 cm³/mol. The van der Waals surface area contributed by atoms with Crippen molar-refractivity contribution in [3.8, 4) is 0 Å². The van der Waals surface area contributed by atoms with Gasteiger partial charge in [-0.3, -0.25) is 14.2 Å². The summed E-state index contributed by atoms with van der Waals surface area (Å²) in [5.74, 6) is 0.151. The maximum atomic E-state index is 13.3. The Hall–Kier alpha value is -2.54. The van der Waals surface area contributed by atoms with Gasteiger partial charge in [0.2, 0.25) is 5.91 Å². The first kappa shape index (κ1) is 21.2. The molecule has 154 valence electrons. The number of aromatic nitrogens is 3. The molecule has 0 aliphatic rings. The number of carbonyl (C=O) groups excluding carboxylic acids is 1. The summed E-state index contributed by atoms with van der Waals surface area (Å²) in [6.45, 7) is 10.7. The molecule has 7 heteroatoms. The van der Waals surface area contributed by atoms with Gasteiger partial charge in [-0.15, -0.1) is 0 Å². The van der Waals surface area contributed by atoms with Gasteiger partial charge < -0.3 is 9.88 Å². The topological polar surface area (TPSA) is 68.9 Å². The van der Waals surface area contributed by atoms with Gasteiger partial charge in [-0.1, -0.05) is 37.7 Å². The van der Waals surface area contributed by atoms with Crippen LogP contribution in [0.3, 0.4) is 0 Å². The molecule has 3 rings (SSSR count). The fraction of sp³-hybridized carbons (Fsp3) is 0.409. The molecule has 0 unspecified atom stereocenters. The molecular formula is C22H28N4O2S. The lowest BCUT2D eigenvalue weighted by atomic mass is 10.1. The van der Waals surface area contributed by atoms with Gasteiger partial charge in [-0.2, -0.15) is 0 Å². The Bertz CT molecular complexity index is 1130. The van der Waals surface area contributed by atoms with Crippen LogP contribution < -0.4 is 10.9 Å². The molecule has 1 N–H and O–H groups in total. The minimum atomic E-state index is -0.164.